The molecule has 0 aliphatic carbocycles. The number of pyridine rings is 1. The third-order valence-electron chi connectivity index (χ3n) is 4.09. The number of fused-ring (bicyclic) bond motifs is 1. The minimum atomic E-state index is 0.601. The maximum absolute atomic E-state index is 6.55. The first-order valence-corrected chi connectivity index (χ1v) is 9.70. The summed E-state index contributed by atoms with van der Waals surface area (Å²) in [4.78, 5) is 4.72. The van der Waals surface area contributed by atoms with Crippen molar-refractivity contribution in [2.24, 2.45) is 0 Å². The highest BCUT2D eigenvalue weighted by Crippen LogP contribution is 2.31. The van der Waals surface area contributed by atoms with Gasteiger partial charge in [-0.1, -0.05) is 59.2 Å². The lowest BCUT2D eigenvalue weighted by molar-refractivity contribution is 0.883. The van der Waals surface area contributed by atoms with Gasteiger partial charge in [-0.15, -0.1) is 10.2 Å². The zero-order valence-electron chi connectivity index (χ0n) is 13.9. The molecule has 26 heavy (non-hydrogen) atoms. The average molecular weight is 401 g/mol. The highest BCUT2D eigenvalue weighted by Gasteiger charge is 2.13. The van der Waals surface area contributed by atoms with E-state index in [1.807, 2.05) is 60.0 Å². The Labute approximate surface area is 165 Å². The fourth-order valence-electron chi connectivity index (χ4n) is 2.77. The van der Waals surface area contributed by atoms with E-state index in [4.69, 9.17) is 28.2 Å². The third kappa shape index (κ3) is 3.30. The molecule has 0 amide bonds. The van der Waals surface area contributed by atoms with Gasteiger partial charge in [-0.25, -0.2) is 0 Å². The smallest absolute Gasteiger partial charge is 0.195 e. The summed E-state index contributed by atoms with van der Waals surface area (Å²) in [5, 5.41) is 11.4. The first-order valence-electron chi connectivity index (χ1n) is 7.96. The van der Waals surface area contributed by atoms with Crippen LogP contribution in [0.5, 0.6) is 0 Å². The number of para-hydroxylation sites is 1. The monoisotopic (exact) mass is 400 g/mol. The molecule has 0 saturated heterocycles. The minimum Gasteiger partial charge on any atom is -0.277 e. The lowest BCUT2D eigenvalue weighted by Gasteiger charge is -2.10. The Bertz CT molecular complexity index is 1090. The molecule has 2 aromatic heterocycles. The molecule has 0 bridgehead atoms. The average Bonchev–Trinajstić information content (AvgIpc) is 3.12. The zero-order valence-corrected chi connectivity index (χ0v) is 16.2. The van der Waals surface area contributed by atoms with Crippen LogP contribution in [0, 0.1) is 6.92 Å². The molecule has 0 N–H and O–H groups in total. The molecule has 130 valence electrons. The Balaban J connectivity index is 1.64. The van der Waals surface area contributed by atoms with Crippen LogP contribution in [-0.2, 0) is 5.75 Å². The van der Waals surface area contributed by atoms with Gasteiger partial charge in [0.15, 0.2) is 5.16 Å². The van der Waals surface area contributed by atoms with Gasteiger partial charge in [0.05, 0.1) is 21.9 Å². The Kier molecular flexibility index (Phi) is 4.85. The molecule has 7 heteroatoms. The first kappa shape index (κ1) is 17.3. The molecule has 0 radical (unpaired) electrons. The minimum absolute atomic E-state index is 0.601. The van der Waals surface area contributed by atoms with Gasteiger partial charge in [0.1, 0.15) is 6.33 Å². The van der Waals surface area contributed by atoms with Gasteiger partial charge in [0.25, 0.3) is 0 Å². The van der Waals surface area contributed by atoms with E-state index in [-0.39, 0.29) is 0 Å². The second-order valence-corrected chi connectivity index (χ2v) is 7.52. The molecule has 2 heterocycles. The van der Waals surface area contributed by atoms with E-state index in [0.717, 1.165) is 33.0 Å². The van der Waals surface area contributed by atoms with E-state index in [1.165, 1.54) is 11.8 Å². The van der Waals surface area contributed by atoms with Crippen LogP contribution in [0.15, 0.2) is 60.0 Å². The van der Waals surface area contributed by atoms with Gasteiger partial charge in [0, 0.05) is 16.2 Å². The van der Waals surface area contributed by atoms with Gasteiger partial charge in [-0.2, -0.15) is 0 Å². The summed E-state index contributed by atoms with van der Waals surface area (Å²) < 4.78 is 1.90. The SMILES string of the molecule is Cc1c(Cl)c(CSc2nncn2-c2cccc(Cl)c2)nc2ccccc12. The van der Waals surface area contributed by atoms with Crippen LogP contribution in [0.3, 0.4) is 0 Å². The van der Waals surface area contributed by atoms with Crippen molar-refractivity contribution in [2.45, 2.75) is 17.8 Å². The summed E-state index contributed by atoms with van der Waals surface area (Å²) in [5.74, 6) is 0.601. The number of nitrogens with zero attached hydrogens (tertiary/aromatic N) is 4. The summed E-state index contributed by atoms with van der Waals surface area (Å²) in [7, 11) is 0. The predicted octanol–water partition coefficient (Wildman–Crippen LogP) is 5.72. The fourth-order valence-corrected chi connectivity index (χ4v) is 4.12. The fraction of sp³-hybridized carbons (Fsp3) is 0.105. The summed E-state index contributed by atoms with van der Waals surface area (Å²) in [6.07, 6.45) is 1.68. The van der Waals surface area contributed by atoms with E-state index in [1.54, 1.807) is 6.33 Å². The van der Waals surface area contributed by atoms with E-state index in [0.29, 0.717) is 15.8 Å². The molecular weight excluding hydrogens is 387 g/mol. The number of thioether (sulfide) groups is 1. The molecule has 4 aromatic rings. The molecule has 0 aliphatic rings. The van der Waals surface area contributed by atoms with Gasteiger partial charge in [-0.05, 0) is 36.8 Å². The lowest BCUT2D eigenvalue weighted by atomic mass is 10.1. The quantitative estimate of drug-likeness (QED) is 0.410. The van der Waals surface area contributed by atoms with Crippen LogP contribution in [0.4, 0.5) is 0 Å². The Hall–Kier alpha value is -2.08. The van der Waals surface area contributed by atoms with Crippen LogP contribution >= 0.6 is 35.0 Å². The first-order chi connectivity index (χ1) is 12.6. The van der Waals surface area contributed by atoms with Crippen molar-refractivity contribution in [3.8, 4) is 5.69 Å². The van der Waals surface area contributed by atoms with E-state index in [9.17, 15) is 0 Å². The van der Waals surface area contributed by atoms with Crippen molar-refractivity contribution in [3.63, 3.8) is 0 Å². The van der Waals surface area contributed by atoms with Crippen LogP contribution in [0.2, 0.25) is 10.0 Å². The van der Waals surface area contributed by atoms with Gasteiger partial charge < -0.3 is 0 Å². The van der Waals surface area contributed by atoms with Crippen LogP contribution in [-0.4, -0.2) is 19.7 Å². The molecule has 0 saturated carbocycles. The molecule has 0 unspecified atom stereocenters. The summed E-state index contributed by atoms with van der Waals surface area (Å²) in [5.41, 5.74) is 3.75. The van der Waals surface area contributed by atoms with Crippen molar-refractivity contribution in [1.82, 2.24) is 19.7 Å². The molecule has 2 aromatic carbocycles. The van der Waals surface area contributed by atoms with Crippen LogP contribution < -0.4 is 0 Å². The third-order valence-corrected chi connectivity index (χ3v) is 5.78. The Morgan fingerprint density at radius 2 is 1.92 bits per heavy atom. The van der Waals surface area contributed by atoms with E-state index >= 15 is 0 Å². The Morgan fingerprint density at radius 1 is 1.08 bits per heavy atom. The molecular formula is C19H14Cl2N4S. The standard InChI is InChI=1S/C19H14Cl2N4S/c1-12-15-7-2-3-8-16(15)23-17(18(12)21)10-26-19-24-22-11-25(19)14-6-4-5-13(20)9-14/h2-9,11H,10H2,1H3. The number of hydrogen-bond acceptors (Lipinski definition) is 4. The van der Waals surface area contributed by atoms with Crippen molar-refractivity contribution >= 4 is 45.9 Å². The summed E-state index contributed by atoms with van der Waals surface area (Å²) in [6, 6.07) is 15.6. The van der Waals surface area contributed by atoms with Crippen molar-refractivity contribution in [1.29, 1.82) is 0 Å². The van der Waals surface area contributed by atoms with Crippen molar-refractivity contribution in [3.05, 3.63) is 76.2 Å². The number of hydrogen-bond donors (Lipinski definition) is 0. The largest absolute Gasteiger partial charge is 0.277 e. The van der Waals surface area contributed by atoms with Crippen LogP contribution in [0.1, 0.15) is 11.3 Å². The summed E-state index contributed by atoms with van der Waals surface area (Å²) in [6.45, 7) is 2.02. The highest BCUT2D eigenvalue weighted by atomic mass is 35.5. The number of halogens is 2. The second-order valence-electron chi connectivity index (χ2n) is 5.77. The summed E-state index contributed by atoms with van der Waals surface area (Å²) >= 11 is 14.2. The second kappa shape index (κ2) is 7.27. The molecule has 0 spiro atoms. The molecule has 0 atom stereocenters. The van der Waals surface area contributed by atoms with Crippen LogP contribution in [0.25, 0.3) is 16.6 Å². The molecule has 0 fully saturated rings. The van der Waals surface area contributed by atoms with E-state index in [2.05, 4.69) is 10.2 Å². The van der Waals surface area contributed by atoms with E-state index < -0.39 is 0 Å². The van der Waals surface area contributed by atoms with Gasteiger partial charge >= 0.3 is 0 Å². The lowest BCUT2D eigenvalue weighted by Crippen LogP contribution is -1.97. The number of rotatable bonds is 4. The van der Waals surface area contributed by atoms with Gasteiger partial charge in [0.2, 0.25) is 0 Å². The van der Waals surface area contributed by atoms with Crippen molar-refractivity contribution < 1.29 is 0 Å². The maximum atomic E-state index is 6.55. The molecule has 0 aliphatic heterocycles. The number of aromatic nitrogens is 4. The zero-order chi connectivity index (χ0) is 18.1. The highest BCUT2D eigenvalue weighted by molar-refractivity contribution is 7.98. The number of benzene rings is 2. The molecule has 4 nitrogen and oxygen atoms in total. The number of aryl methyl sites for hydroxylation is 1. The Morgan fingerprint density at radius 3 is 2.77 bits per heavy atom. The maximum Gasteiger partial charge on any atom is 0.195 e. The van der Waals surface area contributed by atoms with Gasteiger partial charge in [-0.3, -0.25) is 9.55 Å². The normalized spacial score (nSPS) is 11.2. The predicted molar refractivity (Wildman–Crippen MR) is 107 cm³/mol. The topological polar surface area (TPSA) is 43.6 Å². The van der Waals surface area contributed by atoms with Crippen molar-refractivity contribution in [2.75, 3.05) is 0 Å². The molecule has 4 rings (SSSR count).